The molecule has 42 heavy (non-hydrogen) atoms. The molecule has 0 spiro atoms. The van der Waals surface area contributed by atoms with Crippen molar-refractivity contribution in [3.05, 3.63) is 53.6 Å². The van der Waals surface area contributed by atoms with Gasteiger partial charge >= 0.3 is 0 Å². The van der Waals surface area contributed by atoms with E-state index in [2.05, 4.69) is 15.6 Å². The van der Waals surface area contributed by atoms with E-state index >= 15 is 0 Å². The summed E-state index contributed by atoms with van der Waals surface area (Å²) >= 11 is 0. The number of methoxy groups -OCH3 is 2. The smallest absolute Gasteiger partial charge is 0.192 e. The van der Waals surface area contributed by atoms with Crippen molar-refractivity contribution in [2.24, 2.45) is 16.6 Å². The van der Waals surface area contributed by atoms with Crippen LogP contribution in [0.25, 0.3) is 0 Å². The summed E-state index contributed by atoms with van der Waals surface area (Å²) in [6.07, 6.45) is 9.37. The summed E-state index contributed by atoms with van der Waals surface area (Å²) < 4.78 is 17.0. The summed E-state index contributed by atoms with van der Waals surface area (Å²) in [4.78, 5) is 16.4. The minimum absolute atomic E-state index is 0.0160. The summed E-state index contributed by atoms with van der Waals surface area (Å²) in [7, 11) is 6.69. The molecule has 2 atom stereocenters. The van der Waals surface area contributed by atoms with Crippen LogP contribution in [0.15, 0.2) is 47.5 Å². The van der Waals surface area contributed by atoms with Gasteiger partial charge in [0.15, 0.2) is 34.7 Å². The number of allylic oxidation sites excluding steroid dienone is 2. The lowest BCUT2D eigenvalue weighted by molar-refractivity contribution is -0.114. The molecule has 6 N–H and O–H groups in total. The minimum atomic E-state index is -0.446. The molecule has 0 saturated heterocycles. The average Bonchev–Trinajstić information content (AvgIpc) is 3.38. The van der Waals surface area contributed by atoms with Gasteiger partial charge < -0.3 is 40.8 Å². The number of phenols is 2. The number of nitrogens with zero attached hydrogens (tertiary/aromatic N) is 1. The van der Waals surface area contributed by atoms with Crippen LogP contribution in [0.3, 0.4) is 0 Å². The van der Waals surface area contributed by atoms with Crippen molar-refractivity contribution in [1.29, 1.82) is 0 Å². The fraction of sp³-hybridized carbons (Fsp3) is 0.500. The predicted octanol–water partition coefficient (Wildman–Crippen LogP) is 4.33. The Kier molecular flexibility index (Phi) is 12.5. The van der Waals surface area contributed by atoms with Gasteiger partial charge in [-0.15, -0.1) is 0 Å². The molecule has 230 valence electrons. The van der Waals surface area contributed by atoms with E-state index in [0.29, 0.717) is 61.9 Å². The van der Waals surface area contributed by atoms with E-state index in [4.69, 9.17) is 19.9 Å². The molecule has 10 nitrogen and oxygen atoms in total. The van der Waals surface area contributed by atoms with Crippen LogP contribution in [0.5, 0.6) is 23.0 Å². The summed E-state index contributed by atoms with van der Waals surface area (Å²) in [6, 6.07) is 8.79. The molecule has 0 bridgehead atoms. The first-order chi connectivity index (χ1) is 20.2. The zero-order chi connectivity index (χ0) is 30.5. The van der Waals surface area contributed by atoms with E-state index in [9.17, 15) is 15.0 Å². The third-order valence-electron chi connectivity index (χ3n) is 7.67. The number of nitrogens with one attached hydrogen (secondary N) is 2. The number of aliphatic imine (C=N–C) groups is 1. The summed E-state index contributed by atoms with van der Waals surface area (Å²) in [6.45, 7) is 1.37. The molecule has 0 unspecified atom stereocenters. The molecule has 1 saturated carbocycles. The molecule has 2 aromatic carbocycles. The summed E-state index contributed by atoms with van der Waals surface area (Å²) in [5.74, 6) is 1.53. The number of aromatic hydroxyl groups is 2. The van der Waals surface area contributed by atoms with E-state index in [-0.39, 0.29) is 23.2 Å². The van der Waals surface area contributed by atoms with E-state index in [1.807, 2.05) is 25.3 Å². The van der Waals surface area contributed by atoms with Gasteiger partial charge in [0.05, 0.1) is 12.8 Å². The van der Waals surface area contributed by atoms with E-state index in [0.717, 1.165) is 36.8 Å². The molecule has 0 heterocycles. The number of ether oxygens (including phenoxy) is 3. The largest absolute Gasteiger partial charge is 0.504 e. The van der Waals surface area contributed by atoms with Crippen LogP contribution in [-0.4, -0.2) is 69.0 Å². The van der Waals surface area contributed by atoms with Crippen molar-refractivity contribution in [3.8, 4) is 23.0 Å². The van der Waals surface area contributed by atoms with Crippen LogP contribution in [0.2, 0.25) is 0 Å². The van der Waals surface area contributed by atoms with Crippen LogP contribution < -0.4 is 25.8 Å². The van der Waals surface area contributed by atoms with Gasteiger partial charge in [-0.25, -0.2) is 0 Å². The molecule has 10 heteroatoms. The molecule has 1 aliphatic rings. The maximum absolute atomic E-state index is 12.5. The normalized spacial score (nSPS) is 18.9. The fourth-order valence-electron chi connectivity index (χ4n) is 5.44. The van der Waals surface area contributed by atoms with Crippen LogP contribution in [0.1, 0.15) is 49.7 Å². The second kappa shape index (κ2) is 16.0. The third kappa shape index (κ3) is 9.39. The Morgan fingerprint density at radius 3 is 2.67 bits per heavy atom. The molecule has 1 fully saturated rings. The number of anilines is 1. The first-order valence-electron chi connectivity index (χ1n) is 14.5. The van der Waals surface area contributed by atoms with Gasteiger partial charge in [0.1, 0.15) is 5.60 Å². The molecule has 0 amide bonds. The van der Waals surface area contributed by atoms with Crippen molar-refractivity contribution < 1.29 is 29.2 Å². The molecule has 0 aromatic heterocycles. The number of hydrogen-bond acceptors (Lipinski definition) is 8. The lowest BCUT2D eigenvalue weighted by atomic mass is 9.97. The number of phenolic OH excluding ortho intramolecular Hbond substituents is 2. The SMILES string of the molecule is CN=C(N)Nc1cc(CCC=CC(=O)CCc2ccc(O)c(OC)c2)cc(O[C@@]2(CNC)CC[C@H](CCOC)C2)c1O. The number of carbonyl (C=O) groups excluding carboxylic acids is 1. The predicted molar refractivity (Wildman–Crippen MR) is 166 cm³/mol. The summed E-state index contributed by atoms with van der Waals surface area (Å²) in [5.41, 5.74) is 7.74. The zero-order valence-electron chi connectivity index (χ0n) is 25.2. The Bertz CT molecular complexity index is 1250. The Balaban J connectivity index is 1.69. The number of ketones is 1. The number of rotatable bonds is 16. The number of hydrogen-bond donors (Lipinski definition) is 5. The Labute approximate surface area is 249 Å². The topological polar surface area (TPSA) is 148 Å². The number of likely N-dealkylation sites (N-methyl/N-ethyl adjacent to an activating group) is 1. The van der Waals surface area contributed by atoms with Crippen molar-refractivity contribution in [2.75, 3.05) is 46.8 Å². The van der Waals surface area contributed by atoms with Gasteiger partial charge in [0.2, 0.25) is 0 Å². The highest BCUT2D eigenvalue weighted by atomic mass is 16.5. The Morgan fingerprint density at radius 1 is 1.17 bits per heavy atom. The minimum Gasteiger partial charge on any atom is -0.504 e. The lowest BCUT2D eigenvalue weighted by Gasteiger charge is -2.31. The molecule has 3 rings (SSSR count). The lowest BCUT2D eigenvalue weighted by Crippen LogP contribution is -2.42. The van der Waals surface area contributed by atoms with Crippen LogP contribution in [0.4, 0.5) is 5.69 Å². The molecule has 0 aliphatic heterocycles. The van der Waals surface area contributed by atoms with Crippen molar-refractivity contribution in [2.45, 2.75) is 57.0 Å². The molecule has 0 radical (unpaired) electrons. The van der Waals surface area contributed by atoms with Crippen molar-refractivity contribution in [3.63, 3.8) is 0 Å². The van der Waals surface area contributed by atoms with Gasteiger partial charge in [-0.05, 0) is 99.4 Å². The first-order valence-corrected chi connectivity index (χ1v) is 14.5. The summed E-state index contributed by atoms with van der Waals surface area (Å²) in [5, 5.41) is 27.1. The molecular weight excluding hydrogens is 536 g/mol. The zero-order valence-corrected chi connectivity index (χ0v) is 25.2. The number of benzene rings is 2. The number of aryl methyl sites for hydroxylation is 2. The molecule has 1 aliphatic carbocycles. The van der Waals surface area contributed by atoms with E-state index in [1.54, 1.807) is 38.4 Å². The van der Waals surface area contributed by atoms with E-state index < -0.39 is 5.60 Å². The second-order valence-electron chi connectivity index (χ2n) is 10.8. The molecule has 2 aromatic rings. The number of guanidine groups is 1. The standard InChI is InChI=1S/C32H46N4O6/c1-34-21-32(15-13-23(20-32)14-16-40-3)42-29-19-24(17-26(30(29)39)36-31(33)35-2)7-5-6-8-25(37)11-9-22-10-12-27(38)28(18-22)41-4/h6,8,10,12,17-19,23,34,38-39H,5,7,9,11,13-16,20-21H2,1-4H3,(H3,33,35,36)/t23-,32+/m1/s1. The highest BCUT2D eigenvalue weighted by molar-refractivity contribution is 5.94. The van der Waals surface area contributed by atoms with Gasteiger partial charge in [-0.3, -0.25) is 9.79 Å². The van der Waals surface area contributed by atoms with Gasteiger partial charge in [0, 0.05) is 33.7 Å². The van der Waals surface area contributed by atoms with Crippen LogP contribution >= 0.6 is 0 Å². The molecular formula is C32H46N4O6. The third-order valence-corrected chi connectivity index (χ3v) is 7.67. The number of carbonyl (C=O) groups is 1. The quantitative estimate of drug-likeness (QED) is 0.0844. The van der Waals surface area contributed by atoms with Crippen LogP contribution in [-0.2, 0) is 22.4 Å². The Morgan fingerprint density at radius 2 is 1.95 bits per heavy atom. The van der Waals surface area contributed by atoms with Crippen LogP contribution in [0, 0.1) is 5.92 Å². The van der Waals surface area contributed by atoms with Gasteiger partial charge in [-0.1, -0.05) is 12.1 Å². The highest BCUT2D eigenvalue weighted by Gasteiger charge is 2.41. The first kappa shape index (κ1) is 32.8. The van der Waals surface area contributed by atoms with Gasteiger partial charge in [0.25, 0.3) is 0 Å². The fourth-order valence-corrected chi connectivity index (χ4v) is 5.44. The maximum atomic E-state index is 12.5. The monoisotopic (exact) mass is 582 g/mol. The highest BCUT2D eigenvalue weighted by Crippen LogP contribution is 2.44. The Hall–Kier alpha value is -3.76. The van der Waals surface area contributed by atoms with Crippen molar-refractivity contribution in [1.82, 2.24) is 5.32 Å². The number of nitrogens with two attached hydrogens (primary N) is 1. The average molecular weight is 583 g/mol. The van der Waals surface area contributed by atoms with Crippen molar-refractivity contribution >= 4 is 17.4 Å². The van der Waals surface area contributed by atoms with Gasteiger partial charge in [-0.2, -0.15) is 0 Å². The van der Waals surface area contributed by atoms with E-state index in [1.165, 1.54) is 7.11 Å². The second-order valence-corrected chi connectivity index (χ2v) is 10.8. The maximum Gasteiger partial charge on any atom is 0.192 e.